The highest BCUT2D eigenvalue weighted by atomic mass is 32.1. The molecule has 1 aliphatic carbocycles. The summed E-state index contributed by atoms with van der Waals surface area (Å²) in [4.78, 5) is 41.6. The molecule has 3 heterocycles. The fourth-order valence-electron chi connectivity index (χ4n) is 5.08. The number of hydrogen-bond acceptors (Lipinski definition) is 4. The topological polar surface area (TPSA) is 71.4 Å². The van der Waals surface area contributed by atoms with Crippen molar-refractivity contribution in [2.75, 3.05) is 6.54 Å². The van der Waals surface area contributed by atoms with E-state index in [0.29, 0.717) is 28.9 Å². The van der Waals surface area contributed by atoms with Gasteiger partial charge < -0.3 is 9.88 Å². The molecule has 0 unspecified atom stereocenters. The van der Waals surface area contributed by atoms with E-state index in [1.807, 2.05) is 22.9 Å². The van der Waals surface area contributed by atoms with Gasteiger partial charge in [-0.2, -0.15) is 0 Å². The first-order valence-electron chi connectivity index (χ1n) is 10.9. The van der Waals surface area contributed by atoms with Gasteiger partial charge in [0.05, 0.1) is 6.54 Å². The number of imide groups is 1. The predicted octanol–water partition coefficient (Wildman–Crippen LogP) is 4.57. The molecule has 8 heteroatoms. The molecule has 1 spiro atoms. The summed E-state index contributed by atoms with van der Waals surface area (Å²) in [5.41, 5.74) is 2.76. The van der Waals surface area contributed by atoms with E-state index >= 15 is 0 Å². The Labute approximate surface area is 195 Å². The van der Waals surface area contributed by atoms with Crippen LogP contribution in [0.5, 0.6) is 0 Å². The van der Waals surface area contributed by atoms with Gasteiger partial charge in [-0.1, -0.05) is 6.07 Å². The molecule has 33 heavy (non-hydrogen) atoms. The zero-order valence-electron chi connectivity index (χ0n) is 18.7. The molecule has 1 aromatic carbocycles. The number of aryl methyl sites for hydroxylation is 3. The molecule has 6 nitrogen and oxygen atoms in total. The maximum atomic E-state index is 14.1. The molecular weight excluding hydrogens is 441 g/mol. The maximum Gasteiger partial charge on any atom is 0.325 e. The average Bonchev–Trinajstić information content (AvgIpc) is 3.43. The summed E-state index contributed by atoms with van der Waals surface area (Å²) < 4.78 is 15.9. The molecule has 3 amide bonds. The van der Waals surface area contributed by atoms with Crippen LogP contribution in [0.15, 0.2) is 35.7 Å². The quantitative estimate of drug-likeness (QED) is 0.453. The Morgan fingerprint density at radius 2 is 1.97 bits per heavy atom. The molecule has 1 aliphatic heterocycles. The van der Waals surface area contributed by atoms with Crippen LogP contribution >= 0.6 is 11.3 Å². The third-order valence-electron chi connectivity index (χ3n) is 6.78. The Morgan fingerprint density at radius 1 is 1.18 bits per heavy atom. The van der Waals surface area contributed by atoms with Crippen molar-refractivity contribution < 1.29 is 18.8 Å². The number of carbonyl (C=O) groups excluding carboxylic acids is 3. The third kappa shape index (κ3) is 3.23. The minimum atomic E-state index is -1.07. The molecule has 1 saturated heterocycles. The highest BCUT2D eigenvalue weighted by Gasteiger charge is 2.54. The number of benzene rings is 1. The minimum Gasteiger partial charge on any atom is -0.319 e. The molecule has 2 aromatic heterocycles. The van der Waals surface area contributed by atoms with Crippen molar-refractivity contribution in [2.45, 2.75) is 45.6 Å². The summed E-state index contributed by atoms with van der Waals surface area (Å²) >= 11 is 1.59. The standard InChI is InChI=1S/C25H24FN3O3S/c1-14-6-7-17(12-20(14)26)29-15(2)11-18(16(29)3)21(30)13-28-23(31)25(27-24(28)32)9-4-5-22-19(25)8-10-33-22/h6-8,10-12H,4-5,9,13H2,1-3H3,(H,27,32)/t25-/m1/s1. The maximum absolute atomic E-state index is 14.1. The number of amides is 3. The molecule has 1 N–H and O–H groups in total. The number of aromatic nitrogens is 1. The second-order valence-electron chi connectivity index (χ2n) is 8.81. The fraction of sp³-hybridized carbons (Fsp3) is 0.320. The van der Waals surface area contributed by atoms with Gasteiger partial charge in [-0.05, 0) is 75.2 Å². The number of nitrogens with one attached hydrogen (secondary N) is 1. The minimum absolute atomic E-state index is 0.321. The van der Waals surface area contributed by atoms with Crippen LogP contribution in [-0.4, -0.2) is 33.7 Å². The summed E-state index contributed by atoms with van der Waals surface area (Å²) in [6, 6.07) is 8.02. The number of rotatable bonds is 4. The van der Waals surface area contributed by atoms with Gasteiger partial charge in [0.1, 0.15) is 11.4 Å². The van der Waals surface area contributed by atoms with Gasteiger partial charge in [0.2, 0.25) is 0 Å². The van der Waals surface area contributed by atoms with Crippen molar-refractivity contribution in [1.82, 2.24) is 14.8 Å². The van der Waals surface area contributed by atoms with E-state index in [0.717, 1.165) is 33.9 Å². The Morgan fingerprint density at radius 3 is 2.73 bits per heavy atom. The molecule has 0 radical (unpaired) electrons. The van der Waals surface area contributed by atoms with Crippen LogP contribution in [0.4, 0.5) is 9.18 Å². The lowest BCUT2D eigenvalue weighted by atomic mass is 9.80. The number of Topliss-reactive ketones (excluding diaryl/α,β-unsaturated/α-hetero) is 1. The van der Waals surface area contributed by atoms with Gasteiger partial charge in [-0.3, -0.25) is 14.5 Å². The monoisotopic (exact) mass is 465 g/mol. The largest absolute Gasteiger partial charge is 0.325 e. The number of hydrogen-bond donors (Lipinski definition) is 1. The van der Waals surface area contributed by atoms with Crippen molar-refractivity contribution in [1.29, 1.82) is 0 Å². The van der Waals surface area contributed by atoms with Crippen LogP contribution in [-0.2, 0) is 16.8 Å². The van der Waals surface area contributed by atoms with E-state index in [4.69, 9.17) is 0 Å². The van der Waals surface area contributed by atoms with E-state index in [1.54, 1.807) is 43.4 Å². The Hall–Kier alpha value is -3.26. The summed E-state index contributed by atoms with van der Waals surface area (Å²) in [7, 11) is 0. The molecule has 1 fully saturated rings. The van der Waals surface area contributed by atoms with Gasteiger partial charge in [-0.15, -0.1) is 11.3 Å². The number of nitrogens with zero attached hydrogens (tertiary/aromatic N) is 2. The lowest BCUT2D eigenvalue weighted by Crippen LogP contribution is -2.46. The van der Waals surface area contributed by atoms with Crippen LogP contribution in [0.2, 0.25) is 0 Å². The van der Waals surface area contributed by atoms with Crippen LogP contribution < -0.4 is 5.32 Å². The number of thiophene rings is 1. The first-order chi connectivity index (χ1) is 15.7. The van der Waals surface area contributed by atoms with Gasteiger partial charge in [0, 0.05) is 33.1 Å². The second-order valence-corrected chi connectivity index (χ2v) is 9.82. The smallest absolute Gasteiger partial charge is 0.319 e. The number of urea groups is 1. The zero-order valence-corrected chi connectivity index (χ0v) is 19.5. The SMILES string of the molecule is Cc1ccc(-n2c(C)cc(C(=O)CN3C(=O)N[C@@]4(CCCc5sccc54)C3=O)c2C)cc1F. The fourth-order valence-corrected chi connectivity index (χ4v) is 6.08. The number of fused-ring (bicyclic) bond motifs is 2. The van der Waals surface area contributed by atoms with Crippen LogP contribution in [0.3, 0.4) is 0 Å². The van der Waals surface area contributed by atoms with Crippen molar-refractivity contribution in [3.05, 3.63) is 74.5 Å². The number of carbonyl (C=O) groups is 3. The van der Waals surface area contributed by atoms with E-state index in [-0.39, 0.29) is 24.1 Å². The molecule has 3 aromatic rings. The number of halogens is 1. The first kappa shape index (κ1) is 21.6. The summed E-state index contributed by atoms with van der Waals surface area (Å²) in [5.74, 6) is -1.02. The van der Waals surface area contributed by atoms with E-state index < -0.39 is 11.6 Å². The lowest BCUT2D eigenvalue weighted by Gasteiger charge is -2.31. The molecular formula is C25H24FN3O3S. The van der Waals surface area contributed by atoms with Gasteiger partial charge in [-0.25, -0.2) is 9.18 Å². The van der Waals surface area contributed by atoms with Crippen molar-refractivity contribution in [2.24, 2.45) is 0 Å². The Bertz CT molecular complexity index is 1320. The van der Waals surface area contributed by atoms with Crippen LogP contribution in [0.25, 0.3) is 5.69 Å². The highest BCUT2D eigenvalue weighted by molar-refractivity contribution is 7.10. The highest BCUT2D eigenvalue weighted by Crippen LogP contribution is 2.42. The van der Waals surface area contributed by atoms with Crippen molar-refractivity contribution in [3.63, 3.8) is 0 Å². The lowest BCUT2D eigenvalue weighted by molar-refractivity contribution is -0.131. The van der Waals surface area contributed by atoms with Crippen molar-refractivity contribution in [3.8, 4) is 5.69 Å². The summed E-state index contributed by atoms with van der Waals surface area (Å²) in [6.45, 7) is 4.98. The Kier molecular flexibility index (Phi) is 5.01. The molecule has 170 valence electrons. The molecule has 2 aliphatic rings. The van der Waals surface area contributed by atoms with Gasteiger partial charge >= 0.3 is 6.03 Å². The second kappa shape index (κ2) is 7.66. The van der Waals surface area contributed by atoms with E-state index in [9.17, 15) is 18.8 Å². The zero-order chi connectivity index (χ0) is 23.5. The summed E-state index contributed by atoms with van der Waals surface area (Å²) in [6.07, 6.45) is 2.22. The van der Waals surface area contributed by atoms with E-state index in [1.165, 1.54) is 6.07 Å². The van der Waals surface area contributed by atoms with Crippen molar-refractivity contribution >= 4 is 29.1 Å². The van der Waals surface area contributed by atoms with Gasteiger partial charge in [0.25, 0.3) is 5.91 Å². The molecule has 0 saturated carbocycles. The van der Waals surface area contributed by atoms with Gasteiger partial charge in [0.15, 0.2) is 5.78 Å². The van der Waals surface area contributed by atoms with Crippen LogP contribution in [0.1, 0.15) is 50.6 Å². The average molecular weight is 466 g/mol. The summed E-state index contributed by atoms with van der Waals surface area (Å²) in [5, 5.41) is 4.82. The molecule has 1 atom stereocenters. The molecule has 0 bridgehead atoms. The number of ketones is 1. The normalized spacial score (nSPS) is 19.8. The Balaban J connectivity index is 1.44. The third-order valence-corrected chi connectivity index (χ3v) is 7.76. The first-order valence-corrected chi connectivity index (χ1v) is 11.8. The predicted molar refractivity (Wildman–Crippen MR) is 123 cm³/mol. The van der Waals surface area contributed by atoms with E-state index in [2.05, 4.69) is 5.32 Å². The molecule has 5 rings (SSSR count). The van der Waals surface area contributed by atoms with Crippen LogP contribution in [0, 0.1) is 26.6 Å².